The first-order valence-corrected chi connectivity index (χ1v) is 7.91. The summed E-state index contributed by atoms with van der Waals surface area (Å²) in [5.41, 5.74) is 0.149. The molecule has 1 heterocycles. The molecule has 0 radical (unpaired) electrons. The van der Waals surface area contributed by atoms with Gasteiger partial charge in [0.15, 0.2) is 0 Å². The van der Waals surface area contributed by atoms with Crippen molar-refractivity contribution in [1.29, 1.82) is 0 Å². The van der Waals surface area contributed by atoms with E-state index in [1.165, 1.54) is 16.6 Å². The van der Waals surface area contributed by atoms with Crippen molar-refractivity contribution in [1.82, 2.24) is 14.6 Å². The van der Waals surface area contributed by atoms with Crippen LogP contribution in [0.25, 0.3) is 0 Å². The third-order valence-electron chi connectivity index (χ3n) is 2.90. The van der Waals surface area contributed by atoms with Gasteiger partial charge in [0, 0.05) is 25.3 Å². The van der Waals surface area contributed by atoms with Crippen LogP contribution in [0.4, 0.5) is 0 Å². The fourth-order valence-corrected chi connectivity index (χ4v) is 3.17. The molecular formula is C12H21N3O4S. The van der Waals surface area contributed by atoms with Gasteiger partial charge in [0.25, 0.3) is 5.91 Å². The SMILES string of the molecule is CCN(CC)S(=O)(=O)c1c[nH]c(C(=O)N[C@H](C)CO)c1. The van der Waals surface area contributed by atoms with Crippen LogP contribution in [0.1, 0.15) is 31.3 Å². The number of sulfonamides is 1. The maximum absolute atomic E-state index is 12.2. The normalized spacial score (nSPS) is 13.4. The molecule has 3 N–H and O–H groups in total. The van der Waals surface area contributed by atoms with Crippen LogP contribution >= 0.6 is 0 Å². The molecule has 1 aromatic heterocycles. The summed E-state index contributed by atoms with van der Waals surface area (Å²) in [5, 5.41) is 11.4. The highest BCUT2D eigenvalue weighted by Crippen LogP contribution is 2.16. The lowest BCUT2D eigenvalue weighted by Crippen LogP contribution is -2.35. The zero-order chi connectivity index (χ0) is 15.3. The Bertz CT molecular complexity index is 549. The Balaban J connectivity index is 2.95. The fourth-order valence-electron chi connectivity index (χ4n) is 1.71. The van der Waals surface area contributed by atoms with E-state index >= 15 is 0 Å². The molecule has 1 amide bonds. The molecule has 0 aliphatic rings. The number of aromatic nitrogens is 1. The number of nitrogens with zero attached hydrogens (tertiary/aromatic N) is 1. The van der Waals surface area contributed by atoms with Crippen molar-refractivity contribution in [3.8, 4) is 0 Å². The molecule has 0 bridgehead atoms. The molecule has 20 heavy (non-hydrogen) atoms. The largest absolute Gasteiger partial charge is 0.394 e. The van der Waals surface area contributed by atoms with Gasteiger partial charge in [0.1, 0.15) is 10.6 Å². The smallest absolute Gasteiger partial charge is 0.268 e. The summed E-state index contributed by atoms with van der Waals surface area (Å²) in [6.45, 7) is 5.71. The number of H-pyrrole nitrogens is 1. The first-order valence-electron chi connectivity index (χ1n) is 6.47. The number of amides is 1. The van der Waals surface area contributed by atoms with Crippen LogP contribution in [0.3, 0.4) is 0 Å². The third kappa shape index (κ3) is 3.59. The van der Waals surface area contributed by atoms with Gasteiger partial charge in [0.05, 0.1) is 6.61 Å². The molecule has 7 nitrogen and oxygen atoms in total. The van der Waals surface area contributed by atoms with E-state index in [9.17, 15) is 13.2 Å². The second-order valence-corrected chi connectivity index (χ2v) is 6.33. The molecule has 0 aliphatic carbocycles. The average Bonchev–Trinajstić information content (AvgIpc) is 2.90. The standard InChI is InChI=1S/C12H21N3O4S/c1-4-15(5-2)20(18,19)10-6-11(13-7-10)12(17)14-9(3)8-16/h6-7,9,13,16H,4-5,8H2,1-3H3,(H,14,17)/t9-/m1/s1. The second-order valence-electron chi connectivity index (χ2n) is 4.40. The highest BCUT2D eigenvalue weighted by Gasteiger charge is 2.24. The number of nitrogens with one attached hydrogen (secondary N) is 2. The van der Waals surface area contributed by atoms with E-state index < -0.39 is 22.0 Å². The molecule has 0 unspecified atom stereocenters. The zero-order valence-corrected chi connectivity index (χ0v) is 12.7. The third-order valence-corrected chi connectivity index (χ3v) is 4.92. The van der Waals surface area contributed by atoms with E-state index in [0.29, 0.717) is 13.1 Å². The molecule has 0 aromatic carbocycles. The number of hydrogen-bond donors (Lipinski definition) is 3. The molecule has 0 saturated heterocycles. The summed E-state index contributed by atoms with van der Waals surface area (Å²) in [4.78, 5) is 14.5. The minimum Gasteiger partial charge on any atom is -0.394 e. The van der Waals surface area contributed by atoms with Gasteiger partial charge in [-0.05, 0) is 13.0 Å². The van der Waals surface area contributed by atoms with Gasteiger partial charge in [-0.1, -0.05) is 13.8 Å². The Morgan fingerprint density at radius 1 is 1.45 bits per heavy atom. The van der Waals surface area contributed by atoms with Gasteiger partial charge in [0.2, 0.25) is 10.0 Å². The number of hydrogen-bond acceptors (Lipinski definition) is 4. The van der Waals surface area contributed by atoms with Crippen molar-refractivity contribution < 1.29 is 18.3 Å². The minimum atomic E-state index is -3.58. The molecule has 0 saturated carbocycles. The van der Waals surface area contributed by atoms with E-state index in [2.05, 4.69) is 10.3 Å². The number of rotatable bonds is 7. The first-order chi connectivity index (χ1) is 9.36. The predicted octanol–water partition coefficient (Wildman–Crippen LogP) is 0.156. The highest BCUT2D eigenvalue weighted by atomic mass is 32.2. The average molecular weight is 303 g/mol. The molecule has 0 aliphatic heterocycles. The Morgan fingerprint density at radius 2 is 2.05 bits per heavy atom. The summed E-state index contributed by atoms with van der Waals surface area (Å²) >= 11 is 0. The summed E-state index contributed by atoms with van der Waals surface area (Å²) < 4.78 is 25.8. The maximum atomic E-state index is 12.2. The van der Waals surface area contributed by atoms with Crippen molar-refractivity contribution in [3.63, 3.8) is 0 Å². The topological polar surface area (TPSA) is 103 Å². The molecule has 1 rings (SSSR count). The summed E-state index contributed by atoms with van der Waals surface area (Å²) in [5.74, 6) is -0.451. The first kappa shape index (κ1) is 16.7. The van der Waals surface area contributed by atoms with Gasteiger partial charge in [-0.25, -0.2) is 8.42 Å². The highest BCUT2D eigenvalue weighted by molar-refractivity contribution is 7.89. The van der Waals surface area contributed by atoms with Crippen LogP contribution < -0.4 is 5.32 Å². The van der Waals surface area contributed by atoms with Gasteiger partial charge >= 0.3 is 0 Å². The lowest BCUT2D eigenvalue weighted by molar-refractivity contribution is 0.0918. The Kier molecular flexibility index (Phi) is 5.73. The fraction of sp³-hybridized carbons (Fsp3) is 0.583. The van der Waals surface area contributed by atoms with Crippen LogP contribution in [-0.4, -0.2) is 54.5 Å². The number of aliphatic hydroxyl groups excluding tert-OH is 1. The van der Waals surface area contributed by atoms with E-state index in [-0.39, 0.29) is 17.2 Å². The van der Waals surface area contributed by atoms with Gasteiger partial charge < -0.3 is 15.4 Å². The zero-order valence-electron chi connectivity index (χ0n) is 11.9. The van der Waals surface area contributed by atoms with Crippen LogP contribution in [0, 0.1) is 0 Å². The summed E-state index contributed by atoms with van der Waals surface area (Å²) in [7, 11) is -3.58. The Hall–Kier alpha value is -1.38. The number of aliphatic hydroxyl groups is 1. The quantitative estimate of drug-likeness (QED) is 0.667. The molecule has 0 fully saturated rings. The minimum absolute atomic E-state index is 0.0583. The summed E-state index contributed by atoms with van der Waals surface area (Å²) in [6.07, 6.45) is 1.30. The molecule has 0 spiro atoms. The van der Waals surface area contributed by atoms with Crippen LogP contribution in [0.15, 0.2) is 17.2 Å². The Morgan fingerprint density at radius 3 is 2.55 bits per heavy atom. The van der Waals surface area contributed by atoms with E-state index in [1.807, 2.05) is 0 Å². The molecule has 8 heteroatoms. The van der Waals surface area contributed by atoms with Crippen molar-refractivity contribution in [2.24, 2.45) is 0 Å². The number of aromatic amines is 1. The van der Waals surface area contributed by atoms with Crippen molar-refractivity contribution in [2.75, 3.05) is 19.7 Å². The molecule has 1 aromatic rings. The van der Waals surface area contributed by atoms with Crippen LogP contribution in [0.5, 0.6) is 0 Å². The van der Waals surface area contributed by atoms with E-state index in [4.69, 9.17) is 5.11 Å². The molecular weight excluding hydrogens is 282 g/mol. The van der Waals surface area contributed by atoms with Gasteiger partial charge in [-0.2, -0.15) is 4.31 Å². The van der Waals surface area contributed by atoms with E-state index in [0.717, 1.165) is 0 Å². The lowest BCUT2D eigenvalue weighted by atomic mass is 10.3. The van der Waals surface area contributed by atoms with Crippen molar-refractivity contribution in [3.05, 3.63) is 18.0 Å². The molecule has 114 valence electrons. The predicted molar refractivity (Wildman–Crippen MR) is 74.9 cm³/mol. The number of carbonyl (C=O) groups excluding carboxylic acids is 1. The van der Waals surface area contributed by atoms with Gasteiger partial charge in [-0.15, -0.1) is 0 Å². The summed E-state index contributed by atoms with van der Waals surface area (Å²) in [6, 6.07) is 0.904. The monoisotopic (exact) mass is 303 g/mol. The lowest BCUT2D eigenvalue weighted by Gasteiger charge is -2.17. The maximum Gasteiger partial charge on any atom is 0.268 e. The Labute approximate surface area is 119 Å². The van der Waals surface area contributed by atoms with Crippen molar-refractivity contribution in [2.45, 2.75) is 31.7 Å². The molecule has 1 atom stereocenters. The van der Waals surface area contributed by atoms with Gasteiger partial charge in [-0.3, -0.25) is 4.79 Å². The van der Waals surface area contributed by atoms with E-state index in [1.54, 1.807) is 20.8 Å². The van der Waals surface area contributed by atoms with Crippen LogP contribution in [0.2, 0.25) is 0 Å². The number of carbonyl (C=O) groups is 1. The second kappa shape index (κ2) is 6.87. The van der Waals surface area contributed by atoms with Crippen molar-refractivity contribution >= 4 is 15.9 Å². The van der Waals surface area contributed by atoms with Crippen LogP contribution in [-0.2, 0) is 10.0 Å².